The number of carboxylic acids is 1. The first-order valence-electron chi connectivity index (χ1n) is 6.17. The van der Waals surface area contributed by atoms with E-state index in [1.807, 2.05) is 6.92 Å². The Kier molecular flexibility index (Phi) is 5.03. The maximum Gasteiger partial charge on any atom is 0.339 e. The Hall–Kier alpha value is -1.79. The average molecular weight is 331 g/mol. The van der Waals surface area contributed by atoms with E-state index in [1.165, 1.54) is 12.1 Å². The Bertz CT molecular complexity index is 658. The molecular weight excluding hydrogens is 319 g/mol. The fourth-order valence-electron chi connectivity index (χ4n) is 1.67. The van der Waals surface area contributed by atoms with Gasteiger partial charge in [-0.25, -0.2) is 4.79 Å². The number of hydrogen-bond acceptors (Lipinski definition) is 5. The molecule has 0 aliphatic rings. The number of aryl methyl sites for hydroxylation is 1. The van der Waals surface area contributed by atoms with Crippen molar-refractivity contribution < 1.29 is 19.2 Å². The van der Waals surface area contributed by atoms with Gasteiger partial charge >= 0.3 is 5.97 Å². The van der Waals surface area contributed by atoms with Crippen LogP contribution in [0.3, 0.4) is 0 Å². The summed E-state index contributed by atoms with van der Waals surface area (Å²) in [5, 5.41) is 13.2. The van der Waals surface area contributed by atoms with E-state index in [-0.39, 0.29) is 28.0 Å². The molecule has 1 heterocycles. The summed E-state index contributed by atoms with van der Waals surface area (Å²) in [4.78, 5) is 15.3. The molecule has 112 valence electrons. The van der Waals surface area contributed by atoms with Crippen LogP contribution < -0.4 is 4.74 Å². The van der Waals surface area contributed by atoms with Crippen LogP contribution in [0.25, 0.3) is 0 Å². The predicted molar refractivity (Wildman–Crippen MR) is 76.0 cm³/mol. The van der Waals surface area contributed by atoms with Crippen LogP contribution in [-0.2, 0) is 13.0 Å². The zero-order chi connectivity index (χ0) is 15.4. The molecule has 0 fully saturated rings. The van der Waals surface area contributed by atoms with E-state index in [2.05, 4.69) is 10.1 Å². The first-order chi connectivity index (χ1) is 10.0. The summed E-state index contributed by atoms with van der Waals surface area (Å²) in [7, 11) is 0. The van der Waals surface area contributed by atoms with Gasteiger partial charge in [0.1, 0.15) is 5.56 Å². The van der Waals surface area contributed by atoms with Gasteiger partial charge in [-0.2, -0.15) is 4.98 Å². The Morgan fingerprint density at radius 2 is 2.19 bits per heavy atom. The highest BCUT2D eigenvalue weighted by Gasteiger charge is 2.17. The summed E-state index contributed by atoms with van der Waals surface area (Å²) < 4.78 is 10.4. The topological polar surface area (TPSA) is 85.5 Å². The van der Waals surface area contributed by atoms with Crippen molar-refractivity contribution in [3.05, 3.63) is 39.5 Å². The van der Waals surface area contributed by atoms with Crippen molar-refractivity contribution in [2.24, 2.45) is 0 Å². The molecule has 1 aromatic carbocycles. The van der Waals surface area contributed by atoms with Gasteiger partial charge < -0.3 is 14.4 Å². The van der Waals surface area contributed by atoms with E-state index in [0.29, 0.717) is 18.1 Å². The Morgan fingerprint density at radius 1 is 1.43 bits per heavy atom. The van der Waals surface area contributed by atoms with E-state index in [1.54, 1.807) is 0 Å². The standard InChI is InChI=1S/C13H12Cl2N2O4/c1-2-3-11-16-10(17-21-11)6-20-12-8(13(18)19)4-7(14)5-9(12)15/h4-5H,2-3,6H2,1H3,(H,18,19). The summed E-state index contributed by atoms with van der Waals surface area (Å²) in [6.07, 6.45) is 1.56. The third-order valence-electron chi connectivity index (χ3n) is 2.56. The zero-order valence-corrected chi connectivity index (χ0v) is 12.6. The Labute approximate surface area is 130 Å². The van der Waals surface area contributed by atoms with Crippen molar-refractivity contribution >= 4 is 29.2 Å². The van der Waals surface area contributed by atoms with Gasteiger partial charge in [0.2, 0.25) is 11.7 Å². The van der Waals surface area contributed by atoms with E-state index in [0.717, 1.165) is 6.42 Å². The van der Waals surface area contributed by atoms with Gasteiger partial charge in [0.05, 0.1) is 5.02 Å². The molecule has 2 rings (SSSR count). The number of carboxylic acid groups (broad SMARTS) is 1. The smallest absolute Gasteiger partial charge is 0.339 e. The summed E-state index contributed by atoms with van der Waals surface area (Å²) in [6.45, 7) is 1.95. The van der Waals surface area contributed by atoms with Crippen molar-refractivity contribution in [3.63, 3.8) is 0 Å². The molecule has 0 radical (unpaired) electrons. The molecule has 0 saturated heterocycles. The number of aromatic nitrogens is 2. The highest BCUT2D eigenvalue weighted by Crippen LogP contribution is 2.32. The fourth-order valence-corrected chi connectivity index (χ4v) is 2.21. The summed E-state index contributed by atoms with van der Waals surface area (Å²) >= 11 is 11.7. The highest BCUT2D eigenvalue weighted by atomic mass is 35.5. The Balaban J connectivity index is 2.17. The molecule has 0 spiro atoms. The van der Waals surface area contributed by atoms with Crippen molar-refractivity contribution in [3.8, 4) is 5.75 Å². The first-order valence-corrected chi connectivity index (χ1v) is 6.93. The minimum atomic E-state index is -1.19. The van der Waals surface area contributed by atoms with Gasteiger partial charge in [-0.05, 0) is 18.6 Å². The number of halogens is 2. The fraction of sp³-hybridized carbons (Fsp3) is 0.308. The van der Waals surface area contributed by atoms with Gasteiger partial charge in [0.15, 0.2) is 12.4 Å². The van der Waals surface area contributed by atoms with Crippen LogP contribution in [0.2, 0.25) is 10.0 Å². The van der Waals surface area contributed by atoms with Crippen molar-refractivity contribution in [1.82, 2.24) is 10.1 Å². The quantitative estimate of drug-likeness (QED) is 0.870. The molecule has 1 aromatic heterocycles. The minimum absolute atomic E-state index is 0.0235. The molecule has 6 nitrogen and oxygen atoms in total. The molecule has 8 heteroatoms. The summed E-state index contributed by atoms with van der Waals surface area (Å²) in [6, 6.07) is 2.67. The van der Waals surface area contributed by atoms with Crippen LogP contribution in [0.1, 0.15) is 35.4 Å². The molecule has 0 unspecified atom stereocenters. The van der Waals surface area contributed by atoms with Crippen molar-refractivity contribution in [2.45, 2.75) is 26.4 Å². The number of benzene rings is 1. The minimum Gasteiger partial charge on any atom is -0.483 e. The molecular formula is C13H12Cl2N2O4. The second-order valence-corrected chi connectivity index (χ2v) is 5.06. The maximum absolute atomic E-state index is 11.2. The lowest BCUT2D eigenvalue weighted by molar-refractivity contribution is 0.0691. The van der Waals surface area contributed by atoms with Crippen LogP contribution in [0, 0.1) is 0 Å². The average Bonchev–Trinajstić information content (AvgIpc) is 2.85. The molecule has 1 N–H and O–H groups in total. The SMILES string of the molecule is CCCc1nc(COc2c(Cl)cc(Cl)cc2C(=O)O)no1. The van der Waals surface area contributed by atoms with Crippen LogP contribution >= 0.6 is 23.2 Å². The van der Waals surface area contributed by atoms with Crippen LogP contribution in [-0.4, -0.2) is 21.2 Å². The molecule has 0 amide bonds. The molecule has 0 bridgehead atoms. The van der Waals surface area contributed by atoms with Crippen LogP contribution in [0.15, 0.2) is 16.7 Å². The number of aromatic carboxylic acids is 1. The van der Waals surface area contributed by atoms with Gasteiger partial charge in [-0.1, -0.05) is 35.3 Å². The van der Waals surface area contributed by atoms with Crippen LogP contribution in [0.4, 0.5) is 0 Å². The van der Waals surface area contributed by atoms with Gasteiger partial charge in [0.25, 0.3) is 0 Å². The van der Waals surface area contributed by atoms with E-state index >= 15 is 0 Å². The summed E-state index contributed by atoms with van der Waals surface area (Å²) in [5.41, 5.74) is -0.121. The van der Waals surface area contributed by atoms with Crippen molar-refractivity contribution in [1.29, 1.82) is 0 Å². The normalized spacial score (nSPS) is 10.6. The monoisotopic (exact) mass is 330 g/mol. The van der Waals surface area contributed by atoms with Crippen LogP contribution in [0.5, 0.6) is 5.75 Å². The summed E-state index contributed by atoms with van der Waals surface area (Å²) in [5.74, 6) is -0.331. The lowest BCUT2D eigenvalue weighted by Crippen LogP contribution is -2.05. The first kappa shape index (κ1) is 15.6. The predicted octanol–water partition coefficient (Wildman–Crippen LogP) is 3.61. The number of rotatable bonds is 6. The lowest BCUT2D eigenvalue weighted by atomic mass is 10.2. The second-order valence-electron chi connectivity index (χ2n) is 4.21. The van der Waals surface area contributed by atoms with Crippen molar-refractivity contribution in [2.75, 3.05) is 0 Å². The van der Waals surface area contributed by atoms with Gasteiger partial charge in [-0.3, -0.25) is 0 Å². The number of ether oxygens (including phenoxy) is 1. The maximum atomic E-state index is 11.2. The second kappa shape index (κ2) is 6.78. The third-order valence-corrected chi connectivity index (χ3v) is 3.06. The van der Waals surface area contributed by atoms with Gasteiger partial charge in [0, 0.05) is 11.4 Å². The molecule has 2 aromatic rings. The number of carbonyl (C=O) groups is 1. The number of nitrogens with zero attached hydrogens (tertiary/aromatic N) is 2. The zero-order valence-electron chi connectivity index (χ0n) is 11.1. The van der Waals surface area contributed by atoms with Gasteiger partial charge in [-0.15, -0.1) is 0 Å². The largest absolute Gasteiger partial charge is 0.483 e. The molecule has 21 heavy (non-hydrogen) atoms. The molecule has 0 saturated carbocycles. The molecule has 0 aliphatic carbocycles. The van der Waals surface area contributed by atoms with E-state index < -0.39 is 5.97 Å². The van der Waals surface area contributed by atoms with E-state index in [4.69, 9.17) is 37.6 Å². The lowest BCUT2D eigenvalue weighted by Gasteiger charge is -2.09. The molecule has 0 aliphatic heterocycles. The van der Waals surface area contributed by atoms with E-state index in [9.17, 15) is 4.79 Å². The number of hydrogen-bond donors (Lipinski definition) is 1. The highest BCUT2D eigenvalue weighted by molar-refractivity contribution is 6.36. The Morgan fingerprint density at radius 3 is 2.86 bits per heavy atom. The third kappa shape index (κ3) is 3.86. The molecule has 0 atom stereocenters.